The van der Waals surface area contributed by atoms with Gasteiger partial charge >= 0.3 is 0 Å². The van der Waals surface area contributed by atoms with E-state index in [0.29, 0.717) is 22.9 Å². The molecular weight excluding hydrogens is 318 g/mol. The normalized spacial score (nSPS) is 18.2. The molecule has 2 heterocycles. The van der Waals surface area contributed by atoms with E-state index in [1.807, 2.05) is 42.5 Å². The molecule has 0 bridgehead atoms. The van der Waals surface area contributed by atoms with E-state index in [4.69, 9.17) is 14.2 Å². The topological polar surface area (TPSA) is 48.0 Å². The van der Waals surface area contributed by atoms with Crippen LogP contribution in [-0.4, -0.2) is 19.7 Å². The van der Waals surface area contributed by atoms with Crippen molar-refractivity contribution >= 4 is 22.4 Å². The van der Waals surface area contributed by atoms with E-state index in [1.54, 1.807) is 24.1 Å². The number of nitrogens with zero attached hydrogens (tertiary/aromatic N) is 1. The molecule has 5 rings (SSSR count). The van der Waals surface area contributed by atoms with Gasteiger partial charge in [0.2, 0.25) is 12.9 Å². The van der Waals surface area contributed by atoms with Gasteiger partial charge in [-0.1, -0.05) is 42.5 Å². The Hall–Kier alpha value is -3.21. The van der Waals surface area contributed by atoms with Crippen molar-refractivity contribution in [2.45, 2.75) is 6.10 Å². The average molecular weight is 333 g/mol. The van der Waals surface area contributed by atoms with Crippen molar-refractivity contribution in [2.75, 3.05) is 18.7 Å². The summed E-state index contributed by atoms with van der Waals surface area (Å²) in [4.78, 5) is 14.6. The van der Waals surface area contributed by atoms with Crippen molar-refractivity contribution in [3.63, 3.8) is 0 Å². The number of carbonyl (C=O) groups excluding carboxylic acids is 1. The van der Waals surface area contributed by atoms with Crippen LogP contribution >= 0.6 is 0 Å². The van der Waals surface area contributed by atoms with Gasteiger partial charge < -0.3 is 19.1 Å². The second-order valence-corrected chi connectivity index (χ2v) is 6.14. The lowest BCUT2D eigenvalue weighted by Crippen LogP contribution is -2.38. The second-order valence-electron chi connectivity index (χ2n) is 6.14. The minimum absolute atomic E-state index is 0.109. The Bertz CT molecular complexity index is 1010. The standard InChI is InChI=1S/C20H15NO4/c1-21-15-9-17-18(24-11-23-17)10-16(15)25-19(20(21)22)14-8-4-6-12-5-2-3-7-13(12)14/h2-10,19H,11H2,1H3. The van der Waals surface area contributed by atoms with Crippen molar-refractivity contribution in [3.05, 3.63) is 60.2 Å². The zero-order chi connectivity index (χ0) is 17.0. The Morgan fingerprint density at radius 2 is 1.72 bits per heavy atom. The predicted octanol–water partition coefficient (Wildman–Crippen LogP) is 3.67. The largest absolute Gasteiger partial charge is 0.473 e. The molecule has 124 valence electrons. The monoisotopic (exact) mass is 333 g/mol. The second kappa shape index (κ2) is 5.14. The zero-order valence-corrected chi connectivity index (χ0v) is 13.6. The molecule has 1 atom stereocenters. The third kappa shape index (κ3) is 2.05. The van der Waals surface area contributed by atoms with E-state index >= 15 is 0 Å². The lowest BCUT2D eigenvalue weighted by molar-refractivity contribution is -0.126. The molecule has 2 aliphatic rings. The Kier molecular flexibility index (Phi) is 2.91. The van der Waals surface area contributed by atoms with Crippen LogP contribution in [0.4, 0.5) is 5.69 Å². The highest BCUT2D eigenvalue weighted by molar-refractivity contribution is 6.03. The summed E-state index contributed by atoms with van der Waals surface area (Å²) in [7, 11) is 1.75. The molecule has 25 heavy (non-hydrogen) atoms. The van der Waals surface area contributed by atoms with Crippen LogP contribution in [0.15, 0.2) is 54.6 Å². The van der Waals surface area contributed by atoms with Crippen LogP contribution in [0.5, 0.6) is 17.2 Å². The first-order valence-electron chi connectivity index (χ1n) is 8.08. The van der Waals surface area contributed by atoms with Gasteiger partial charge in [0.05, 0.1) is 5.69 Å². The molecule has 0 aliphatic carbocycles. The molecular formula is C20H15NO4. The molecule has 2 aliphatic heterocycles. The molecule has 0 aromatic heterocycles. The molecule has 3 aromatic carbocycles. The van der Waals surface area contributed by atoms with Gasteiger partial charge in [-0.15, -0.1) is 0 Å². The summed E-state index contributed by atoms with van der Waals surface area (Å²) < 4.78 is 16.9. The van der Waals surface area contributed by atoms with Crippen LogP contribution in [0.2, 0.25) is 0 Å². The summed E-state index contributed by atoms with van der Waals surface area (Å²) in [6.45, 7) is 0.183. The molecule has 5 nitrogen and oxygen atoms in total. The van der Waals surface area contributed by atoms with Crippen molar-refractivity contribution in [3.8, 4) is 17.2 Å². The highest BCUT2D eigenvalue weighted by Gasteiger charge is 2.36. The van der Waals surface area contributed by atoms with Gasteiger partial charge in [0.25, 0.3) is 5.91 Å². The summed E-state index contributed by atoms with van der Waals surface area (Å²) in [5.74, 6) is 1.77. The van der Waals surface area contributed by atoms with Gasteiger partial charge in [-0.2, -0.15) is 0 Å². The van der Waals surface area contributed by atoms with Gasteiger partial charge in [0, 0.05) is 24.7 Å². The Morgan fingerprint density at radius 3 is 2.60 bits per heavy atom. The highest BCUT2D eigenvalue weighted by atomic mass is 16.7. The number of amides is 1. The number of benzene rings is 3. The first-order valence-corrected chi connectivity index (χ1v) is 8.08. The fourth-order valence-corrected chi connectivity index (χ4v) is 3.42. The van der Waals surface area contributed by atoms with E-state index in [-0.39, 0.29) is 12.7 Å². The average Bonchev–Trinajstić information content (AvgIpc) is 3.10. The van der Waals surface area contributed by atoms with E-state index in [0.717, 1.165) is 16.3 Å². The SMILES string of the molecule is CN1C(=O)C(c2cccc3ccccc23)Oc2cc3c(cc21)OCO3. The molecule has 3 aromatic rings. The van der Waals surface area contributed by atoms with Crippen LogP contribution < -0.4 is 19.1 Å². The highest BCUT2D eigenvalue weighted by Crippen LogP contribution is 2.46. The lowest BCUT2D eigenvalue weighted by atomic mass is 9.98. The first-order chi connectivity index (χ1) is 12.2. The third-order valence-electron chi connectivity index (χ3n) is 4.72. The fourth-order valence-electron chi connectivity index (χ4n) is 3.42. The predicted molar refractivity (Wildman–Crippen MR) is 93.3 cm³/mol. The molecule has 5 heteroatoms. The van der Waals surface area contributed by atoms with E-state index < -0.39 is 6.10 Å². The van der Waals surface area contributed by atoms with E-state index in [9.17, 15) is 4.79 Å². The molecule has 0 radical (unpaired) electrons. The Labute approximate surface area is 144 Å². The summed E-state index contributed by atoms with van der Waals surface area (Å²) in [5.41, 5.74) is 1.55. The van der Waals surface area contributed by atoms with Crippen LogP contribution in [0.25, 0.3) is 10.8 Å². The summed E-state index contributed by atoms with van der Waals surface area (Å²) in [6.07, 6.45) is -0.691. The number of rotatable bonds is 1. The zero-order valence-electron chi connectivity index (χ0n) is 13.6. The van der Waals surface area contributed by atoms with Crippen LogP contribution in [0.3, 0.4) is 0 Å². The van der Waals surface area contributed by atoms with Crippen LogP contribution in [-0.2, 0) is 4.79 Å². The van der Waals surface area contributed by atoms with Crippen molar-refractivity contribution < 1.29 is 19.0 Å². The molecule has 1 amide bonds. The number of carbonyl (C=O) groups is 1. The number of fused-ring (bicyclic) bond motifs is 3. The minimum atomic E-state index is -0.691. The quantitative estimate of drug-likeness (QED) is 0.682. The summed E-state index contributed by atoms with van der Waals surface area (Å²) >= 11 is 0. The summed E-state index contributed by atoms with van der Waals surface area (Å²) in [5, 5.41) is 2.09. The van der Waals surface area contributed by atoms with E-state index in [2.05, 4.69) is 0 Å². The fraction of sp³-hybridized carbons (Fsp3) is 0.150. The Morgan fingerprint density at radius 1 is 0.960 bits per heavy atom. The number of anilines is 1. The smallest absolute Gasteiger partial charge is 0.272 e. The number of hydrogen-bond donors (Lipinski definition) is 0. The molecule has 0 saturated heterocycles. The van der Waals surface area contributed by atoms with Crippen molar-refractivity contribution in [1.29, 1.82) is 0 Å². The van der Waals surface area contributed by atoms with Gasteiger partial charge in [0.1, 0.15) is 5.75 Å². The van der Waals surface area contributed by atoms with Crippen molar-refractivity contribution in [2.24, 2.45) is 0 Å². The van der Waals surface area contributed by atoms with Gasteiger partial charge in [0.15, 0.2) is 11.5 Å². The number of likely N-dealkylation sites (N-methyl/N-ethyl adjacent to an activating group) is 1. The van der Waals surface area contributed by atoms with Crippen molar-refractivity contribution in [1.82, 2.24) is 0 Å². The first kappa shape index (κ1) is 14.2. The molecule has 0 fully saturated rings. The van der Waals surface area contributed by atoms with E-state index in [1.165, 1.54) is 0 Å². The maximum absolute atomic E-state index is 13.0. The van der Waals surface area contributed by atoms with Gasteiger partial charge in [-0.25, -0.2) is 0 Å². The molecule has 1 unspecified atom stereocenters. The summed E-state index contributed by atoms with van der Waals surface area (Å²) in [6, 6.07) is 17.5. The van der Waals surface area contributed by atoms with Gasteiger partial charge in [-0.05, 0) is 10.8 Å². The lowest BCUT2D eigenvalue weighted by Gasteiger charge is -2.32. The molecule has 0 N–H and O–H groups in total. The third-order valence-corrected chi connectivity index (χ3v) is 4.72. The number of hydrogen-bond acceptors (Lipinski definition) is 4. The molecule has 0 saturated carbocycles. The van der Waals surface area contributed by atoms with Crippen LogP contribution in [0, 0.1) is 0 Å². The molecule has 0 spiro atoms. The Balaban J connectivity index is 1.65. The maximum atomic E-state index is 13.0. The minimum Gasteiger partial charge on any atom is -0.473 e. The maximum Gasteiger partial charge on any atom is 0.272 e. The van der Waals surface area contributed by atoms with Gasteiger partial charge in [-0.3, -0.25) is 4.79 Å². The number of ether oxygens (including phenoxy) is 3. The van der Waals surface area contributed by atoms with Crippen LogP contribution in [0.1, 0.15) is 11.7 Å².